The van der Waals surface area contributed by atoms with Crippen molar-refractivity contribution in [1.29, 1.82) is 0 Å². The summed E-state index contributed by atoms with van der Waals surface area (Å²) >= 11 is 0. The van der Waals surface area contributed by atoms with E-state index < -0.39 is 0 Å². The first-order valence-corrected chi connectivity index (χ1v) is 8.47. The van der Waals surface area contributed by atoms with E-state index in [9.17, 15) is 0 Å². The molecule has 2 unspecified atom stereocenters. The Kier molecular flexibility index (Phi) is 3.96. The zero-order valence-electron chi connectivity index (χ0n) is 13.5. The van der Waals surface area contributed by atoms with Crippen molar-refractivity contribution in [3.63, 3.8) is 0 Å². The van der Waals surface area contributed by atoms with E-state index in [1.165, 1.54) is 24.0 Å². The zero-order valence-corrected chi connectivity index (χ0v) is 13.5. The molecule has 2 saturated heterocycles. The Morgan fingerprint density at radius 2 is 1.61 bits per heavy atom. The molecule has 2 aromatic carbocycles. The molecule has 2 aromatic rings. The number of piperidine rings is 1. The van der Waals surface area contributed by atoms with E-state index >= 15 is 0 Å². The number of nitrogens with one attached hydrogen (secondary N) is 1. The van der Waals surface area contributed by atoms with Gasteiger partial charge in [0.1, 0.15) is 17.6 Å². The van der Waals surface area contributed by atoms with Crippen molar-refractivity contribution < 1.29 is 9.47 Å². The van der Waals surface area contributed by atoms with Crippen molar-refractivity contribution in [2.45, 2.75) is 43.9 Å². The van der Waals surface area contributed by atoms with Crippen LogP contribution < -0.4 is 14.8 Å². The van der Waals surface area contributed by atoms with Crippen LogP contribution in [-0.4, -0.2) is 25.3 Å². The molecule has 2 aliphatic rings. The second-order valence-electron chi connectivity index (χ2n) is 6.61. The summed E-state index contributed by atoms with van der Waals surface area (Å²) in [6.45, 7) is 0. The molecule has 3 heteroatoms. The number of benzene rings is 2. The highest BCUT2D eigenvalue weighted by Gasteiger charge is 2.34. The maximum Gasteiger partial charge on any atom is 0.120 e. The molecule has 0 amide bonds. The van der Waals surface area contributed by atoms with Crippen molar-refractivity contribution in [3.05, 3.63) is 48.5 Å². The lowest BCUT2D eigenvalue weighted by atomic mass is 10.0. The van der Waals surface area contributed by atoms with E-state index in [0.29, 0.717) is 18.2 Å². The summed E-state index contributed by atoms with van der Waals surface area (Å²) in [5.74, 6) is 1.86. The molecule has 2 aliphatic heterocycles. The highest BCUT2D eigenvalue weighted by atomic mass is 16.5. The Hall–Kier alpha value is -2.00. The second-order valence-corrected chi connectivity index (χ2v) is 6.61. The third-order valence-corrected chi connectivity index (χ3v) is 4.99. The normalized spacial score (nSPS) is 26.0. The fourth-order valence-corrected chi connectivity index (χ4v) is 3.83. The number of rotatable bonds is 4. The van der Waals surface area contributed by atoms with E-state index in [4.69, 9.17) is 9.47 Å². The van der Waals surface area contributed by atoms with Gasteiger partial charge in [-0.2, -0.15) is 0 Å². The van der Waals surface area contributed by atoms with Crippen LogP contribution in [0.5, 0.6) is 11.5 Å². The Balaban J connectivity index is 1.49. The minimum atomic E-state index is 0.347. The van der Waals surface area contributed by atoms with Gasteiger partial charge in [-0.25, -0.2) is 0 Å². The minimum Gasteiger partial charge on any atom is -0.497 e. The molecule has 0 aromatic heterocycles. The molecular formula is C20H23NO2. The van der Waals surface area contributed by atoms with Crippen molar-refractivity contribution in [1.82, 2.24) is 5.32 Å². The summed E-state index contributed by atoms with van der Waals surface area (Å²) in [4.78, 5) is 0. The Morgan fingerprint density at radius 1 is 0.870 bits per heavy atom. The monoisotopic (exact) mass is 309 g/mol. The molecule has 2 bridgehead atoms. The highest BCUT2D eigenvalue weighted by molar-refractivity contribution is 5.65. The van der Waals surface area contributed by atoms with Crippen LogP contribution in [0.4, 0.5) is 0 Å². The van der Waals surface area contributed by atoms with Gasteiger partial charge in [0.2, 0.25) is 0 Å². The van der Waals surface area contributed by atoms with Crippen molar-refractivity contribution in [3.8, 4) is 22.6 Å². The zero-order chi connectivity index (χ0) is 15.6. The van der Waals surface area contributed by atoms with Crippen LogP contribution in [-0.2, 0) is 0 Å². The molecule has 2 atom stereocenters. The first kappa shape index (κ1) is 14.6. The van der Waals surface area contributed by atoms with E-state index in [1.807, 2.05) is 12.1 Å². The first-order valence-electron chi connectivity index (χ1n) is 8.47. The van der Waals surface area contributed by atoms with Crippen LogP contribution in [0, 0.1) is 0 Å². The van der Waals surface area contributed by atoms with Crippen LogP contribution in [0.15, 0.2) is 48.5 Å². The summed E-state index contributed by atoms with van der Waals surface area (Å²) < 4.78 is 11.5. The largest absolute Gasteiger partial charge is 0.497 e. The van der Waals surface area contributed by atoms with Crippen molar-refractivity contribution in [2.75, 3.05) is 7.11 Å². The van der Waals surface area contributed by atoms with Gasteiger partial charge >= 0.3 is 0 Å². The lowest BCUT2D eigenvalue weighted by Crippen LogP contribution is -2.42. The predicted octanol–water partition coefficient (Wildman–Crippen LogP) is 4.02. The Labute approximate surface area is 137 Å². The number of methoxy groups -OCH3 is 1. The Bertz CT molecular complexity index is 656. The van der Waals surface area contributed by atoms with Crippen LogP contribution >= 0.6 is 0 Å². The van der Waals surface area contributed by atoms with Gasteiger partial charge in [0, 0.05) is 12.1 Å². The van der Waals surface area contributed by atoms with Gasteiger partial charge in [0.05, 0.1) is 7.11 Å². The highest BCUT2D eigenvalue weighted by Crippen LogP contribution is 2.31. The molecule has 120 valence electrons. The third-order valence-electron chi connectivity index (χ3n) is 4.99. The molecule has 4 rings (SSSR count). The number of hydrogen-bond donors (Lipinski definition) is 1. The van der Waals surface area contributed by atoms with Crippen LogP contribution in [0.25, 0.3) is 11.1 Å². The van der Waals surface area contributed by atoms with Gasteiger partial charge < -0.3 is 14.8 Å². The molecule has 0 spiro atoms. The summed E-state index contributed by atoms with van der Waals surface area (Å²) in [5.41, 5.74) is 2.36. The predicted molar refractivity (Wildman–Crippen MR) is 92.0 cm³/mol. The van der Waals surface area contributed by atoms with E-state index in [1.54, 1.807) is 7.11 Å². The van der Waals surface area contributed by atoms with Gasteiger partial charge in [-0.1, -0.05) is 24.3 Å². The summed E-state index contributed by atoms with van der Waals surface area (Å²) in [7, 11) is 1.69. The second kappa shape index (κ2) is 6.25. The summed E-state index contributed by atoms with van der Waals surface area (Å²) in [5, 5.41) is 3.66. The summed E-state index contributed by atoms with van der Waals surface area (Å²) in [6, 6.07) is 17.9. The van der Waals surface area contributed by atoms with E-state index in [0.717, 1.165) is 24.3 Å². The molecule has 0 aliphatic carbocycles. The topological polar surface area (TPSA) is 30.5 Å². The molecule has 23 heavy (non-hydrogen) atoms. The number of ether oxygens (including phenoxy) is 2. The van der Waals surface area contributed by atoms with Gasteiger partial charge in [-0.3, -0.25) is 0 Å². The molecule has 2 heterocycles. The van der Waals surface area contributed by atoms with Gasteiger partial charge in [0.25, 0.3) is 0 Å². The van der Waals surface area contributed by atoms with Gasteiger partial charge in [-0.05, 0) is 61.1 Å². The fourth-order valence-electron chi connectivity index (χ4n) is 3.83. The molecule has 2 fully saturated rings. The molecule has 0 saturated carbocycles. The van der Waals surface area contributed by atoms with Crippen molar-refractivity contribution in [2.24, 2.45) is 0 Å². The maximum atomic E-state index is 6.28. The van der Waals surface area contributed by atoms with Crippen LogP contribution in [0.3, 0.4) is 0 Å². The minimum absolute atomic E-state index is 0.347. The lowest BCUT2D eigenvalue weighted by molar-refractivity contribution is 0.137. The average molecular weight is 309 g/mol. The molecule has 1 N–H and O–H groups in total. The summed E-state index contributed by atoms with van der Waals surface area (Å²) in [6.07, 6.45) is 5.21. The average Bonchev–Trinajstić information content (AvgIpc) is 2.94. The fraction of sp³-hybridized carbons (Fsp3) is 0.400. The standard InChI is InChI=1S/C20H23NO2/c1-22-18-9-5-14(6-10-18)15-3-2-4-19(11-15)23-20-12-16-7-8-17(13-20)21-16/h2-6,9-11,16-17,20-21H,7-8,12-13H2,1H3. The van der Waals surface area contributed by atoms with E-state index in [-0.39, 0.29) is 0 Å². The number of hydrogen-bond acceptors (Lipinski definition) is 3. The third kappa shape index (κ3) is 3.20. The first-order chi connectivity index (χ1) is 11.3. The smallest absolute Gasteiger partial charge is 0.120 e. The molecule has 0 radical (unpaired) electrons. The van der Waals surface area contributed by atoms with Crippen LogP contribution in [0.1, 0.15) is 25.7 Å². The van der Waals surface area contributed by atoms with Gasteiger partial charge in [-0.15, -0.1) is 0 Å². The lowest BCUT2D eigenvalue weighted by Gasteiger charge is -2.29. The quantitative estimate of drug-likeness (QED) is 0.925. The van der Waals surface area contributed by atoms with E-state index in [2.05, 4.69) is 41.7 Å². The Morgan fingerprint density at radius 3 is 2.30 bits per heavy atom. The SMILES string of the molecule is COc1ccc(-c2cccc(OC3CC4CCC(C3)N4)c2)cc1. The maximum absolute atomic E-state index is 6.28. The molecular weight excluding hydrogens is 286 g/mol. The van der Waals surface area contributed by atoms with Crippen LogP contribution in [0.2, 0.25) is 0 Å². The van der Waals surface area contributed by atoms with Gasteiger partial charge in [0.15, 0.2) is 0 Å². The number of fused-ring (bicyclic) bond motifs is 2. The molecule has 3 nitrogen and oxygen atoms in total. The van der Waals surface area contributed by atoms with Crippen molar-refractivity contribution >= 4 is 0 Å².